The molecule has 1 atom stereocenters. The standard InChI is InChI=1S/C14H15F2NS/c1-9(2)14(12-7-4-8-18-12)17-11-6-3-5-10(15)13(11)16/h3-9,14,17H,1-2H3. The van der Waals surface area contributed by atoms with Crippen LogP contribution in [-0.4, -0.2) is 0 Å². The Morgan fingerprint density at radius 2 is 1.89 bits per heavy atom. The molecule has 1 N–H and O–H groups in total. The monoisotopic (exact) mass is 267 g/mol. The number of nitrogens with one attached hydrogen (secondary N) is 1. The average Bonchev–Trinajstić information content (AvgIpc) is 2.84. The van der Waals surface area contributed by atoms with Gasteiger partial charge in [-0.05, 0) is 29.5 Å². The van der Waals surface area contributed by atoms with Crippen molar-refractivity contribution in [3.8, 4) is 0 Å². The lowest BCUT2D eigenvalue weighted by Gasteiger charge is -2.22. The van der Waals surface area contributed by atoms with Crippen molar-refractivity contribution in [2.75, 3.05) is 5.32 Å². The van der Waals surface area contributed by atoms with Gasteiger partial charge in [0.1, 0.15) is 0 Å². The van der Waals surface area contributed by atoms with Crippen molar-refractivity contribution < 1.29 is 8.78 Å². The fourth-order valence-corrected chi connectivity index (χ4v) is 2.77. The summed E-state index contributed by atoms with van der Waals surface area (Å²) in [6.45, 7) is 4.10. The molecule has 96 valence electrons. The summed E-state index contributed by atoms with van der Waals surface area (Å²) in [4.78, 5) is 1.12. The van der Waals surface area contributed by atoms with E-state index in [4.69, 9.17) is 0 Å². The first-order valence-electron chi connectivity index (χ1n) is 5.83. The molecule has 0 saturated carbocycles. The Balaban J connectivity index is 2.27. The largest absolute Gasteiger partial charge is 0.375 e. The maximum absolute atomic E-state index is 13.6. The molecule has 1 nitrogen and oxygen atoms in total. The van der Waals surface area contributed by atoms with Gasteiger partial charge in [0.2, 0.25) is 0 Å². The highest BCUT2D eigenvalue weighted by atomic mass is 32.1. The summed E-state index contributed by atoms with van der Waals surface area (Å²) in [5.41, 5.74) is 0.210. The van der Waals surface area contributed by atoms with Crippen LogP contribution in [0.3, 0.4) is 0 Å². The number of thiophene rings is 1. The lowest BCUT2D eigenvalue weighted by atomic mass is 10.0. The van der Waals surface area contributed by atoms with Crippen molar-refractivity contribution in [1.29, 1.82) is 0 Å². The number of rotatable bonds is 4. The normalized spacial score (nSPS) is 12.7. The molecular formula is C14H15F2NS. The van der Waals surface area contributed by atoms with E-state index in [0.717, 1.165) is 10.9 Å². The van der Waals surface area contributed by atoms with Gasteiger partial charge >= 0.3 is 0 Å². The maximum atomic E-state index is 13.6. The first-order chi connectivity index (χ1) is 8.59. The molecular weight excluding hydrogens is 252 g/mol. The number of anilines is 1. The van der Waals surface area contributed by atoms with Crippen LogP contribution >= 0.6 is 11.3 Å². The Morgan fingerprint density at radius 3 is 2.50 bits per heavy atom. The van der Waals surface area contributed by atoms with E-state index in [0.29, 0.717) is 0 Å². The summed E-state index contributed by atoms with van der Waals surface area (Å²) in [7, 11) is 0. The molecule has 0 amide bonds. The molecule has 18 heavy (non-hydrogen) atoms. The third kappa shape index (κ3) is 2.70. The Bertz CT molecular complexity index is 509. The molecule has 2 aromatic rings. The number of halogens is 2. The molecule has 1 aromatic heterocycles. The smallest absolute Gasteiger partial charge is 0.181 e. The zero-order valence-corrected chi connectivity index (χ0v) is 11.1. The predicted octanol–water partition coefficient (Wildman–Crippen LogP) is 4.84. The summed E-state index contributed by atoms with van der Waals surface area (Å²) in [5.74, 6) is -1.36. The van der Waals surface area contributed by atoms with Crippen LogP contribution in [0.1, 0.15) is 24.8 Å². The molecule has 0 radical (unpaired) electrons. The summed E-state index contributed by atoms with van der Waals surface area (Å²) >= 11 is 1.61. The molecule has 1 heterocycles. The molecule has 4 heteroatoms. The van der Waals surface area contributed by atoms with E-state index in [1.165, 1.54) is 6.07 Å². The van der Waals surface area contributed by atoms with Gasteiger partial charge in [-0.1, -0.05) is 26.0 Å². The molecule has 0 fully saturated rings. The van der Waals surface area contributed by atoms with Crippen LogP contribution in [0.2, 0.25) is 0 Å². The highest BCUT2D eigenvalue weighted by molar-refractivity contribution is 7.10. The minimum atomic E-state index is -0.825. The van der Waals surface area contributed by atoms with Gasteiger partial charge in [0.05, 0.1) is 11.7 Å². The first kappa shape index (κ1) is 13.0. The van der Waals surface area contributed by atoms with E-state index in [1.807, 2.05) is 17.5 Å². The van der Waals surface area contributed by atoms with Crippen molar-refractivity contribution in [3.05, 3.63) is 52.2 Å². The van der Waals surface area contributed by atoms with E-state index in [2.05, 4.69) is 19.2 Å². The quantitative estimate of drug-likeness (QED) is 0.836. The zero-order chi connectivity index (χ0) is 13.1. The van der Waals surface area contributed by atoms with Gasteiger partial charge in [-0.25, -0.2) is 8.78 Å². The molecule has 0 aliphatic carbocycles. The number of benzene rings is 1. The van der Waals surface area contributed by atoms with E-state index < -0.39 is 11.6 Å². The second-order valence-electron chi connectivity index (χ2n) is 4.48. The summed E-state index contributed by atoms with van der Waals surface area (Å²) in [6, 6.07) is 8.13. The minimum Gasteiger partial charge on any atom is -0.375 e. The third-order valence-corrected chi connectivity index (χ3v) is 3.73. The highest BCUT2D eigenvalue weighted by Gasteiger charge is 2.19. The van der Waals surface area contributed by atoms with Crippen LogP contribution in [0, 0.1) is 17.6 Å². The summed E-state index contributed by atoms with van der Waals surface area (Å²) in [6.07, 6.45) is 0. The number of hydrogen-bond acceptors (Lipinski definition) is 2. The first-order valence-corrected chi connectivity index (χ1v) is 6.71. The van der Waals surface area contributed by atoms with E-state index in [9.17, 15) is 8.78 Å². The molecule has 0 bridgehead atoms. The second kappa shape index (κ2) is 5.48. The molecule has 0 saturated heterocycles. The Morgan fingerprint density at radius 1 is 1.11 bits per heavy atom. The summed E-state index contributed by atoms with van der Waals surface area (Å²) < 4.78 is 26.8. The van der Waals surface area contributed by atoms with Gasteiger partial charge in [0.15, 0.2) is 11.6 Å². The van der Waals surface area contributed by atoms with Crippen LogP contribution < -0.4 is 5.32 Å². The van der Waals surface area contributed by atoms with Crippen LogP contribution in [0.25, 0.3) is 0 Å². The lowest BCUT2D eigenvalue weighted by Crippen LogP contribution is -2.16. The minimum absolute atomic E-state index is 0.0127. The Labute approximate surface area is 109 Å². The van der Waals surface area contributed by atoms with Gasteiger partial charge in [-0.3, -0.25) is 0 Å². The maximum Gasteiger partial charge on any atom is 0.181 e. The topological polar surface area (TPSA) is 12.0 Å². The third-order valence-electron chi connectivity index (χ3n) is 2.78. The van der Waals surface area contributed by atoms with E-state index in [1.54, 1.807) is 17.4 Å². The average molecular weight is 267 g/mol. The van der Waals surface area contributed by atoms with Gasteiger partial charge in [-0.2, -0.15) is 0 Å². The van der Waals surface area contributed by atoms with E-state index >= 15 is 0 Å². The molecule has 1 aromatic carbocycles. The SMILES string of the molecule is CC(C)C(Nc1cccc(F)c1F)c1cccs1. The second-order valence-corrected chi connectivity index (χ2v) is 5.46. The van der Waals surface area contributed by atoms with Crippen molar-refractivity contribution in [3.63, 3.8) is 0 Å². The molecule has 0 aliphatic heterocycles. The number of hydrogen-bond donors (Lipinski definition) is 1. The van der Waals surface area contributed by atoms with Crippen molar-refractivity contribution >= 4 is 17.0 Å². The molecule has 2 rings (SSSR count). The van der Waals surface area contributed by atoms with Gasteiger partial charge in [-0.15, -0.1) is 11.3 Å². The van der Waals surface area contributed by atoms with Crippen LogP contribution in [0.15, 0.2) is 35.7 Å². The molecule has 0 spiro atoms. The molecule has 0 aliphatic rings. The van der Waals surface area contributed by atoms with Crippen LogP contribution in [0.4, 0.5) is 14.5 Å². The van der Waals surface area contributed by atoms with Crippen LogP contribution in [-0.2, 0) is 0 Å². The zero-order valence-electron chi connectivity index (χ0n) is 10.3. The predicted molar refractivity (Wildman–Crippen MR) is 71.9 cm³/mol. The van der Waals surface area contributed by atoms with Crippen molar-refractivity contribution in [2.45, 2.75) is 19.9 Å². The Hall–Kier alpha value is -1.42. The van der Waals surface area contributed by atoms with Crippen molar-refractivity contribution in [2.24, 2.45) is 5.92 Å². The van der Waals surface area contributed by atoms with E-state index in [-0.39, 0.29) is 17.6 Å². The van der Waals surface area contributed by atoms with Crippen molar-refractivity contribution in [1.82, 2.24) is 0 Å². The summed E-state index contributed by atoms with van der Waals surface area (Å²) in [5, 5.41) is 5.07. The van der Waals surface area contributed by atoms with Crippen LogP contribution in [0.5, 0.6) is 0 Å². The van der Waals surface area contributed by atoms with Gasteiger partial charge < -0.3 is 5.32 Å². The fraction of sp³-hybridized carbons (Fsp3) is 0.286. The van der Waals surface area contributed by atoms with Gasteiger partial charge in [0, 0.05) is 4.88 Å². The fourth-order valence-electron chi connectivity index (χ4n) is 1.82. The molecule has 1 unspecified atom stereocenters. The highest BCUT2D eigenvalue weighted by Crippen LogP contribution is 2.31. The van der Waals surface area contributed by atoms with Gasteiger partial charge in [0.25, 0.3) is 0 Å². The Kier molecular flexibility index (Phi) is 3.97. The lowest BCUT2D eigenvalue weighted by molar-refractivity contribution is 0.502.